The fraction of sp³-hybridized carbons (Fsp3) is 0.231. The third kappa shape index (κ3) is 4.23. The third-order valence-electron chi connectivity index (χ3n) is 6.12. The zero-order valence-corrected chi connectivity index (χ0v) is 17.6. The van der Waals surface area contributed by atoms with Crippen LogP contribution in [-0.4, -0.2) is 40.9 Å². The molecular weight excluding hydrogens is 384 g/mol. The number of para-hydroxylation sites is 2. The number of carbonyl (C=O) groups excluding carboxylic acids is 1. The first-order chi connectivity index (χ1) is 15.2. The van der Waals surface area contributed by atoms with E-state index in [1.165, 1.54) is 0 Å². The summed E-state index contributed by atoms with van der Waals surface area (Å²) in [4.78, 5) is 22.8. The zero-order chi connectivity index (χ0) is 21.2. The number of hydrogen-bond donors (Lipinski definition) is 2. The van der Waals surface area contributed by atoms with Crippen LogP contribution in [0.1, 0.15) is 12.8 Å². The molecule has 4 aromatic rings. The van der Waals surface area contributed by atoms with E-state index in [0.29, 0.717) is 0 Å². The fourth-order valence-electron chi connectivity index (χ4n) is 4.17. The van der Waals surface area contributed by atoms with Crippen molar-refractivity contribution in [3.63, 3.8) is 0 Å². The Balaban J connectivity index is 1.27. The first-order valence-corrected chi connectivity index (χ1v) is 10.8. The molecule has 1 amide bonds. The first-order valence-electron chi connectivity index (χ1n) is 10.8. The van der Waals surface area contributed by atoms with Gasteiger partial charge in [0.05, 0.1) is 11.0 Å². The number of aromatic nitrogens is 2. The van der Waals surface area contributed by atoms with Crippen LogP contribution in [0.4, 0.5) is 5.69 Å². The topological polar surface area (TPSA) is 61.0 Å². The standard InChI is InChI=1S/C26H26N4O/c1-30-16-14-21(15-17-30)26(31)27-22-12-10-19(11-13-22)18-6-8-20(9-7-18)25-28-23-4-2-3-5-24(23)29-25/h2-13,21H,14-17H2,1H3,(H,27,31)(H,28,29). The predicted molar refractivity (Wildman–Crippen MR) is 126 cm³/mol. The van der Waals surface area contributed by atoms with Gasteiger partial charge in [0.15, 0.2) is 0 Å². The second-order valence-corrected chi connectivity index (χ2v) is 8.32. The smallest absolute Gasteiger partial charge is 0.227 e. The third-order valence-corrected chi connectivity index (χ3v) is 6.12. The Morgan fingerprint density at radius 3 is 2.19 bits per heavy atom. The monoisotopic (exact) mass is 410 g/mol. The molecule has 1 aliphatic heterocycles. The van der Waals surface area contributed by atoms with Gasteiger partial charge in [-0.1, -0.05) is 48.5 Å². The fourth-order valence-corrected chi connectivity index (χ4v) is 4.17. The van der Waals surface area contributed by atoms with E-state index in [0.717, 1.165) is 65.2 Å². The van der Waals surface area contributed by atoms with E-state index in [-0.39, 0.29) is 11.8 Å². The number of rotatable bonds is 4. The van der Waals surface area contributed by atoms with Crippen LogP contribution < -0.4 is 5.32 Å². The number of benzene rings is 3. The molecule has 31 heavy (non-hydrogen) atoms. The van der Waals surface area contributed by atoms with Crippen molar-refractivity contribution in [1.82, 2.24) is 14.9 Å². The zero-order valence-electron chi connectivity index (χ0n) is 17.6. The molecule has 156 valence electrons. The highest BCUT2D eigenvalue weighted by Crippen LogP contribution is 2.26. The number of fused-ring (bicyclic) bond motifs is 1. The molecule has 5 nitrogen and oxygen atoms in total. The van der Waals surface area contributed by atoms with E-state index in [1.54, 1.807) is 0 Å². The number of amides is 1. The maximum absolute atomic E-state index is 12.5. The summed E-state index contributed by atoms with van der Waals surface area (Å²) in [5.74, 6) is 1.12. The number of imidazole rings is 1. The average Bonchev–Trinajstić information content (AvgIpc) is 3.24. The maximum atomic E-state index is 12.5. The predicted octanol–water partition coefficient (Wildman–Crippen LogP) is 5.18. The van der Waals surface area contributed by atoms with Gasteiger partial charge in [-0.05, 0) is 68.4 Å². The molecule has 0 spiro atoms. The van der Waals surface area contributed by atoms with Crippen molar-refractivity contribution in [1.29, 1.82) is 0 Å². The van der Waals surface area contributed by atoms with Crippen LogP contribution in [0.5, 0.6) is 0 Å². The number of nitrogens with zero attached hydrogens (tertiary/aromatic N) is 2. The summed E-state index contributed by atoms with van der Waals surface area (Å²) in [5, 5.41) is 3.08. The van der Waals surface area contributed by atoms with Crippen molar-refractivity contribution in [2.24, 2.45) is 5.92 Å². The second kappa shape index (κ2) is 8.36. The van der Waals surface area contributed by atoms with Crippen molar-refractivity contribution >= 4 is 22.6 Å². The lowest BCUT2D eigenvalue weighted by molar-refractivity contribution is -0.121. The summed E-state index contributed by atoms with van der Waals surface area (Å²) >= 11 is 0. The normalized spacial score (nSPS) is 15.3. The van der Waals surface area contributed by atoms with E-state index in [1.807, 2.05) is 36.4 Å². The van der Waals surface area contributed by atoms with Crippen LogP contribution in [-0.2, 0) is 4.79 Å². The molecule has 1 aromatic heterocycles. The van der Waals surface area contributed by atoms with E-state index in [9.17, 15) is 4.79 Å². The Morgan fingerprint density at radius 2 is 1.52 bits per heavy atom. The number of anilines is 1. The van der Waals surface area contributed by atoms with Gasteiger partial charge < -0.3 is 15.2 Å². The molecular formula is C26H26N4O. The largest absolute Gasteiger partial charge is 0.338 e. The Labute approximate surface area is 182 Å². The Hall–Kier alpha value is -3.44. The number of nitrogens with one attached hydrogen (secondary N) is 2. The minimum atomic E-state index is 0.113. The number of piperidine rings is 1. The van der Waals surface area contributed by atoms with Gasteiger partial charge in [-0.3, -0.25) is 4.79 Å². The number of likely N-dealkylation sites (tertiary alicyclic amines) is 1. The highest BCUT2D eigenvalue weighted by Gasteiger charge is 2.23. The van der Waals surface area contributed by atoms with E-state index in [4.69, 9.17) is 0 Å². The Kier molecular flexibility index (Phi) is 5.26. The van der Waals surface area contributed by atoms with Crippen LogP contribution in [0.2, 0.25) is 0 Å². The van der Waals surface area contributed by atoms with Crippen LogP contribution in [0.3, 0.4) is 0 Å². The Bertz CT molecular complexity index is 1150. The number of aromatic amines is 1. The van der Waals surface area contributed by atoms with Gasteiger partial charge in [0.2, 0.25) is 5.91 Å². The first kappa shape index (κ1) is 19.5. The lowest BCUT2D eigenvalue weighted by atomic mass is 9.96. The molecule has 2 N–H and O–H groups in total. The van der Waals surface area contributed by atoms with Gasteiger partial charge in [-0.25, -0.2) is 4.98 Å². The molecule has 3 aromatic carbocycles. The summed E-state index contributed by atoms with van der Waals surface area (Å²) in [6, 6.07) is 24.5. The minimum Gasteiger partial charge on any atom is -0.338 e. The summed E-state index contributed by atoms with van der Waals surface area (Å²) in [6.07, 6.45) is 1.86. The van der Waals surface area contributed by atoms with E-state index >= 15 is 0 Å². The van der Waals surface area contributed by atoms with Crippen molar-refractivity contribution in [3.05, 3.63) is 72.8 Å². The van der Waals surface area contributed by atoms with Crippen molar-refractivity contribution in [2.75, 3.05) is 25.5 Å². The molecule has 1 fully saturated rings. The highest BCUT2D eigenvalue weighted by molar-refractivity contribution is 5.93. The molecule has 2 heterocycles. The molecule has 5 heteroatoms. The van der Waals surface area contributed by atoms with Crippen molar-refractivity contribution in [2.45, 2.75) is 12.8 Å². The van der Waals surface area contributed by atoms with Gasteiger partial charge >= 0.3 is 0 Å². The number of hydrogen-bond acceptors (Lipinski definition) is 3. The molecule has 0 atom stereocenters. The molecule has 0 saturated carbocycles. The molecule has 1 aliphatic rings. The van der Waals surface area contributed by atoms with Gasteiger partial charge in [0, 0.05) is 17.2 Å². The molecule has 5 rings (SSSR count). The molecule has 1 saturated heterocycles. The van der Waals surface area contributed by atoms with Gasteiger partial charge in [0.25, 0.3) is 0 Å². The minimum absolute atomic E-state index is 0.113. The summed E-state index contributed by atoms with van der Waals surface area (Å²) in [5.41, 5.74) is 6.17. The van der Waals surface area contributed by atoms with Gasteiger partial charge in [-0.15, -0.1) is 0 Å². The number of carbonyl (C=O) groups is 1. The van der Waals surface area contributed by atoms with Crippen molar-refractivity contribution < 1.29 is 4.79 Å². The van der Waals surface area contributed by atoms with E-state index < -0.39 is 0 Å². The quantitative estimate of drug-likeness (QED) is 0.487. The van der Waals surface area contributed by atoms with Gasteiger partial charge in [0.1, 0.15) is 5.82 Å². The van der Waals surface area contributed by atoms with Crippen LogP contribution in [0.15, 0.2) is 72.8 Å². The van der Waals surface area contributed by atoms with Crippen LogP contribution in [0, 0.1) is 5.92 Å². The maximum Gasteiger partial charge on any atom is 0.227 e. The molecule has 0 unspecified atom stereocenters. The van der Waals surface area contributed by atoms with Crippen LogP contribution in [0.25, 0.3) is 33.5 Å². The molecule has 0 bridgehead atoms. The second-order valence-electron chi connectivity index (χ2n) is 8.32. The summed E-state index contributed by atoms with van der Waals surface area (Å²) in [7, 11) is 2.11. The summed E-state index contributed by atoms with van der Waals surface area (Å²) in [6.45, 7) is 1.97. The van der Waals surface area contributed by atoms with Crippen LogP contribution >= 0.6 is 0 Å². The Morgan fingerprint density at radius 1 is 0.903 bits per heavy atom. The van der Waals surface area contributed by atoms with E-state index in [2.05, 4.69) is 63.6 Å². The molecule has 0 radical (unpaired) electrons. The number of H-pyrrole nitrogens is 1. The van der Waals surface area contributed by atoms with Crippen molar-refractivity contribution in [3.8, 4) is 22.5 Å². The SMILES string of the molecule is CN1CCC(C(=O)Nc2ccc(-c3ccc(-c4nc5ccccc5[nH]4)cc3)cc2)CC1. The average molecular weight is 411 g/mol. The van der Waals surface area contributed by atoms with Gasteiger partial charge in [-0.2, -0.15) is 0 Å². The summed E-state index contributed by atoms with van der Waals surface area (Å²) < 4.78 is 0. The highest BCUT2D eigenvalue weighted by atomic mass is 16.1. The lowest BCUT2D eigenvalue weighted by Gasteiger charge is -2.28. The molecule has 0 aliphatic carbocycles. The lowest BCUT2D eigenvalue weighted by Crippen LogP contribution is -2.35.